The molecule has 0 spiro atoms. The maximum absolute atomic E-state index is 12.3. The molecule has 0 aliphatic heterocycles. The largest absolute Gasteiger partial charge is 0.484 e. The van der Waals surface area contributed by atoms with Crippen LogP contribution in [0.3, 0.4) is 0 Å². The fraction of sp³-hybridized carbons (Fsp3) is 0.0800. The first kappa shape index (κ1) is 22.8. The van der Waals surface area contributed by atoms with Crippen LogP contribution in [-0.4, -0.2) is 29.2 Å². The monoisotopic (exact) mass is 448 g/mol. The normalized spacial score (nSPS) is 11.4. The van der Waals surface area contributed by atoms with Crippen LogP contribution in [0.4, 0.5) is 5.69 Å². The highest BCUT2D eigenvalue weighted by Gasteiger charge is 2.07. The number of benzene rings is 3. The molecule has 0 fully saturated rings. The summed E-state index contributed by atoms with van der Waals surface area (Å²) in [6.45, 7) is 1.51. The van der Waals surface area contributed by atoms with Crippen molar-refractivity contribution in [2.45, 2.75) is 6.92 Å². The number of anilines is 1. The number of hydrogen-bond acceptors (Lipinski definition) is 5. The van der Waals surface area contributed by atoms with Gasteiger partial charge in [-0.05, 0) is 84.8 Å². The van der Waals surface area contributed by atoms with Gasteiger partial charge in [0.05, 0.1) is 5.71 Å². The third-order valence-electron chi connectivity index (χ3n) is 4.54. The number of amides is 1. The first-order valence-electron chi connectivity index (χ1n) is 9.74. The Morgan fingerprint density at radius 1 is 0.969 bits per heavy atom. The van der Waals surface area contributed by atoms with Gasteiger partial charge >= 0.3 is 0 Å². The van der Waals surface area contributed by atoms with Crippen molar-refractivity contribution >= 4 is 40.8 Å². The van der Waals surface area contributed by atoms with Crippen molar-refractivity contribution in [2.75, 3.05) is 11.9 Å². The van der Waals surface area contributed by atoms with Crippen LogP contribution in [0, 0.1) is 0 Å². The van der Waals surface area contributed by atoms with E-state index < -0.39 is 0 Å². The van der Waals surface area contributed by atoms with Crippen LogP contribution in [0.25, 0.3) is 6.08 Å². The summed E-state index contributed by atoms with van der Waals surface area (Å²) in [7, 11) is 0. The van der Waals surface area contributed by atoms with E-state index >= 15 is 0 Å². The van der Waals surface area contributed by atoms with Crippen LogP contribution >= 0.6 is 11.6 Å². The molecule has 32 heavy (non-hydrogen) atoms. The molecule has 0 aliphatic rings. The summed E-state index contributed by atoms with van der Waals surface area (Å²) in [5.74, 6) is 0.0398. The minimum atomic E-state index is -0.330. The number of carbonyl (C=O) groups is 2. The highest BCUT2D eigenvalue weighted by atomic mass is 35.5. The van der Waals surface area contributed by atoms with Crippen molar-refractivity contribution in [1.82, 2.24) is 0 Å². The quantitative estimate of drug-likeness (QED) is 0.158. The zero-order chi connectivity index (χ0) is 22.9. The summed E-state index contributed by atoms with van der Waals surface area (Å²) < 4.78 is 5.47. The zero-order valence-electron chi connectivity index (χ0n) is 17.3. The molecule has 0 aromatic heterocycles. The van der Waals surface area contributed by atoms with Gasteiger partial charge in [0, 0.05) is 16.3 Å². The summed E-state index contributed by atoms with van der Waals surface area (Å²) in [4.78, 5) is 24.5. The van der Waals surface area contributed by atoms with Gasteiger partial charge in [0.25, 0.3) is 5.91 Å². The number of nitrogens with one attached hydrogen (secondary N) is 1. The Kier molecular flexibility index (Phi) is 7.78. The number of rotatable bonds is 8. The number of halogens is 1. The van der Waals surface area contributed by atoms with E-state index in [0.717, 1.165) is 11.1 Å². The summed E-state index contributed by atoms with van der Waals surface area (Å²) in [5.41, 5.74) is 3.17. The molecule has 1 amide bonds. The molecule has 3 rings (SSSR count). The number of hydrogen-bond donors (Lipinski definition) is 2. The molecule has 0 saturated carbocycles. The minimum absolute atomic E-state index is 0.147. The molecule has 0 unspecified atom stereocenters. The van der Waals surface area contributed by atoms with E-state index in [2.05, 4.69) is 10.5 Å². The fourth-order valence-corrected chi connectivity index (χ4v) is 2.88. The molecular weight excluding hydrogens is 428 g/mol. The number of ether oxygens (including phenoxy) is 1. The lowest BCUT2D eigenvalue weighted by Gasteiger charge is -2.08. The number of allylic oxidation sites excluding steroid dienone is 1. The molecule has 2 N–H and O–H groups in total. The van der Waals surface area contributed by atoms with Crippen LogP contribution in [0.15, 0.2) is 84.0 Å². The molecule has 0 heterocycles. The van der Waals surface area contributed by atoms with Gasteiger partial charge in [0.2, 0.25) is 0 Å². The Morgan fingerprint density at radius 3 is 2.22 bits per heavy atom. The van der Waals surface area contributed by atoms with Crippen molar-refractivity contribution in [3.8, 4) is 5.75 Å². The lowest BCUT2D eigenvalue weighted by molar-refractivity contribution is -0.118. The number of carbonyl (C=O) groups excluding carboxylic acids is 2. The topological polar surface area (TPSA) is 88.0 Å². The van der Waals surface area contributed by atoms with Gasteiger partial charge in [-0.15, -0.1) is 0 Å². The van der Waals surface area contributed by atoms with E-state index in [9.17, 15) is 9.59 Å². The van der Waals surface area contributed by atoms with Gasteiger partial charge in [0.15, 0.2) is 12.4 Å². The maximum atomic E-state index is 12.3. The number of oxime groups is 1. The predicted octanol–water partition coefficient (Wildman–Crippen LogP) is 5.45. The van der Waals surface area contributed by atoms with Gasteiger partial charge in [-0.3, -0.25) is 9.59 Å². The van der Waals surface area contributed by atoms with Crippen LogP contribution in [-0.2, 0) is 4.79 Å². The molecule has 7 heteroatoms. The highest BCUT2D eigenvalue weighted by Crippen LogP contribution is 2.15. The fourth-order valence-electron chi connectivity index (χ4n) is 2.76. The first-order valence-corrected chi connectivity index (χ1v) is 10.1. The van der Waals surface area contributed by atoms with E-state index in [1.54, 1.807) is 73.7 Å². The lowest BCUT2D eigenvalue weighted by Crippen LogP contribution is -2.20. The Morgan fingerprint density at radius 2 is 1.59 bits per heavy atom. The van der Waals surface area contributed by atoms with Gasteiger partial charge in [0.1, 0.15) is 5.75 Å². The van der Waals surface area contributed by atoms with E-state index in [0.29, 0.717) is 27.7 Å². The molecule has 0 radical (unpaired) electrons. The van der Waals surface area contributed by atoms with E-state index in [-0.39, 0.29) is 18.3 Å². The Labute approximate surface area is 190 Å². The standard InChI is InChI=1S/C25H21ClN2O4/c1-17(28-31)19-7-13-23(14-8-19)32-16-25(30)27-22-11-5-20(6-12-22)24(29)15-4-18-2-9-21(26)10-3-18/h2-15,31H,16H2,1H3,(H,27,30)/b15-4+,28-17+. The second-order valence-electron chi connectivity index (χ2n) is 6.87. The summed E-state index contributed by atoms with van der Waals surface area (Å²) >= 11 is 5.85. The van der Waals surface area contributed by atoms with Gasteiger partial charge in [-0.2, -0.15) is 0 Å². The first-order chi connectivity index (χ1) is 15.4. The summed E-state index contributed by atoms with van der Waals surface area (Å²) in [6.07, 6.45) is 3.21. The molecule has 0 aliphatic carbocycles. The van der Waals surface area contributed by atoms with Crippen molar-refractivity contribution in [3.05, 3.63) is 101 Å². The van der Waals surface area contributed by atoms with E-state index in [1.165, 1.54) is 6.08 Å². The average Bonchev–Trinajstić information content (AvgIpc) is 2.82. The third-order valence-corrected chi connectivity index (χ3v) is 4.79. The molecule has 0 saturated heterocycles. The molecule has 3 aromatic rings. The third kappa shape index (κ3) is 6.55. The lowest BCUT2D eigenvalue weighted by atomic mass is 10.1. The van der Waals surface area contributed by atoms with Crippen LogP contribution in [0.5, 0.6) is 5.75 Å². The minimum Gasteiger partial charge on any atom is -0.484 e. The molecule has 0 atom stereocenters. The van der Waals surface area contributed by atoms with Crippen LogP contribution < -0.4 is 10.1 Å². The summed E-state index contributed by atoms with van der Waals surface area (Å²) in [6, 6.07) is 20.6. The SMILES string of the molecule is C/C(=N\O)c1ccc(OCC(=O)Nc2ccc(C(=O)/C=C/c3ccc(Cl)cc3)cc2)cc1. The Hall–Kier alpha value is -3.90. The van der Waals surface area contributed by atoms with Crippen molar-refractivity contribution in [1.29, 1.82) is 0 Å². The van der Waals surface area contributed by atoms with Crippen LogP contribution in [0.2, 0.25) is 5.02 Å². The van der Waals surface area contributed by atoms with Gasteiger partial charge < -0.3 is 15.3 Å². The van der Waals surface area contributed by atoms with Gasteiger partial charge in [-0.1, -0.05) is 35.0 Å². The van der Waals surface area contributed by atoms with Gasteiger partial charge in [-0.25, -0.2) is 0 Å². The zero-order valence-corrected chi connectivity index (χ0v) is 18.0. The number of ketones is 1. The van der Waals surface area contributed by atoms with Crippen molar-refractivity contribution in [3.63, 3.8) is 0 Å². The predicted molar refractivity (Wildman–Crippen MR) is 126 cm³/mol. The Balaban J connectivity index is 1.50. The van der Waals surface area contributed by atoms with E-state index in [1.807, 2.05) is 12.1 Å². The molecular formula is C25H21ClN2O4. The Bertz CT molecular complexity index is 1140. The van der Waals surface area contributed by atoms with Crippen LogP contribution in [0.1, 0.15) is 28.4 Å². The second-order valence-corrected chi connectivity index (χ2v) is 7.31. The smallest absolute Gasteiger partial charge is 0.262 e. The maximum Gasteiger partial charge on any atom is 0.262 e. The highest BCUT2D eigenvalue weighted by molar-refractivity contribution is 6.30. The number of nitrogens with zero attached hydrogens (tertiary/aromatic N) is 1. The van der Waals surface area contributed by atoms with Crippen molar-refractivity contribution in [2.24, 2.45) is 5.16 Å². The molecule has 3 aromatic carbocycles. The summed E-state index contributed by atoms with van der Waals surface area (Å²) in [5, 5.41) is 15.3. The molecule has 0 bridgehead atoms. The van der Waals surface area contributed by atoms with Crippen molar-refractivity contribution < 1.29 is 19.5 Å². The van der Waals surface area contributed by atoms with E-state index in [4.69, 9.17) is 21.5 Å². The molecule has 162 valence electrons. The molecule has 6 nitrogen and oxygen atoms in total. The average molecular weight is 449 g/mol. The second kappa shape index (κ2) is 10.9.